The number of aromatic amines is 1. The van der Waals surface area contributed by atoms with Gasteiger partial charge in [-0.25, -0.2) is 18.7 Å². The van der Waals surface area contributed by atoms with Crippen LogP contribution < -0.4 is 15.8 Å². The van der Waals surface area contributed by atoms with Crippen molar-refractivity contribution in [1.82, 2.24) is 25.2 Å². The van der Waals surface area contributed by atoms with Gasteiger partial charge in [-0.05, 0) is 37.5 Å². The van der Waals surface area contributed by atoms with Crippen molar-refractivity contribution in [3.63, 3.8) is 0 Å². The lowest BCUT2D eigenvalue weighted by molar-refractivity contribution is 0.0941. The number of halogens is 2. The first kappa shape index (κ1) is 21.4. The van der Waals surface area contributed by atoms with Crippen LogP contribution in [0, 0.1) is 18.6 Å². The van der Waals surface area contributed by atoms with E-state index in [0.29, 0.717) is 43.9 Å². The molecule has 1 aromatic carbocycles. The van der Waals surface area contributed by atoms with E-state index in [2.05, 4.69) is 25.2 Å². The minimum atomic E-state index is -0.627. The van der Waals surface area contributed by atoms with E-state index in [1.54, 1.807) is 13.0 Å². The molecule has 10 heteroatoms. The van der Waals surface area contributed by atoms with Crippen molar-refractivity contribution < 1.29 is 13.6 Å². The summed E-state index contributed by atoms with van der Waals surface area (Å²) in [6.45, 7) is 4.72. The molecule has 1 amide bonds. The fourth-order valence-electron chi connectivity index (χ4n) is 4.06. The molecular formula is C23H24F2N6O2. The number of H-pyrrole nitrogens is 1. The second-order valence-corrected chi connectivity index (χ2v) is 8.66. The third-order valence-corrected chi connectivity index (χ3v) is 6.08. The number of aryl methyl sites for hydroxylation is 1. The van der Waals surface area contributed by atoms with Gasteiger partial charge < -0.3 is 15.2 Å². The fraction of sp³-hybridized carbons (Fsp3) is 0.391. The van der Waals surface area contributed by atoms with Crippen LogP contribution in [-0.4, -0.2) is 58.0 Å². The summed E-state index contributed by atoms with van der Waals surface area (Å²) in [4.78, 5) is 38.9. The van der Waals surface area contributed by atoms with Crippen molar-refractivity contribution in [3.05, 3.63) is 63.3 Å². The largest absolute Gasteiger partial charge is 0.368 e. The Morgan fingerprint density at radius 1 is 1.15 bits per heavy atom. The van der Waals surface area contributed by atoms with Gasteiger partial charge >= 0.3 is 0 Å². The van der Waals surface area contributed by atoms with Gasteiger partial charge in [0.1, 0.15) is 11.2 Å². The van der Waals surface area contributed by atoms with E-state index in [0.717, 1.165) is 18.4 Å². The molecule has 0 unspecified atom stereocenters. The monoisotopic (exact) mass is 454 g/mol. The van der Waals surface area contributed by atoms with Gasteiger partial charge in [0, 0.05) is 44.8 Å². The van der Waals surface area contributed by atoms with Gasteiger partial charge in [0.05, 0.1) is 17.4 Å². The van der Waals surface area contributed by atoms with E-state index >= 15 is 0 Å². The summed E-state index contributed by atoms with van der Waals surface area (Å²) in [5, 5.41) is 2.75. The van der Waals surface area contributed by atoms with Crippen LogP contribution in [0.3, 0.4) is 0 Å². The Bertz CT molecular complexity index is 1280. The lowest BCUT2D eigenvalue weighted by Gasteiger charge is -2.36. The molecule has 3 aromatic rings. The number of aromatic nitrogens is 3. The van der Waals surface area contributed by atoms with Crippen LogP contribution >= 0.6 is 0 Å². The van der Waals surface area contributed by atoms with Gasteiger partial charge in [-0.1, -0.05) is 0 Å². The Morgan fingerprint density at radius 2 is 1.91 bits per heavy atom. The molecule has 2 aromatic heterocycles. The third-order valence-electron chi connectivity index (χ3n) is 6.08. The number of anilines is 1. The van der Waals surface area contributed by atoms with Gasteiger partial charge in [0.25, 0.3) is 11.5 Å². The number of hydrogen-bond donors (Lipinski definition) is 2. The number of rotatable bonds is 5. The molecule has 1 saturated heterocycles. The maximum absolute atomic E-state index is 14.5. The molecular weight excluding hydrogens is 430 g/mol. The number of fused-ring (bicyclic) bond motifs is 1. The minimum Gasteiger partial charge on any atom is -0.368 e. The molecule has 172 valence electrons. The van der Waals surface area contributed by atoms with Crippen molar-refractivity contribution in [1.29, 1.82) is 0 Å². The summed E-state index contributed by atoms with van der Waals surface area (Å²) in [6.07, 6.45) is 3.39. The highest BCUT2D eigenvalue weighted by Gasteiger charge is 2.26. The molecule has 0 bridgehead atoms. The first-order chi connectivity index (χ1) is 15.9. The number of benzene rings is 1. The first-order valence-corrected chi connectivity index (χ1v) is 11.0. The summed E-state index contributed by atoms with van der Waals surface area (Å²) in [6, 6.07) is 4.70. The summed E-state index contributed by atoms with van der Waals surface area (Å²) in [7, 11) is 0. The second kappa shape index (κ2) is 8.51. The van der Waals surface area contributed by atoms with Crippen molar-refractivity contribution in [2.45, 2.75) is 32.4 Å². The van der Waals surface area contributed by atoms with E-state index < -0.39 is 17.5 Å². The second-order valence-electron chi connectivity index (χ2n) is 8.66. The molecule has 0 atom stereocenters. The Labute approximate surface area is 188 Å². The molecule has 0 spiro atoms. The van der Waals surface area contributed by atoms with Gasteiger partial charge in [-0.15, -0.1) is 0 Å². The lowest BCUT2D eigenvalue weighted by atomic mass is 10.1. The maximum atomic E-state index is 14.5. The zero-order valence-corrected chi connectivity index (χ0v) is 18.2. The van der Waals surface area contributed by atoms with E-state index in [9.17, 15) is 18.4 Å². The topological polar surface area (TPSA) is 94.2 Å². The number of nitrogens with zero attached hydrogens (tertiary/aromatic N) is 4. The molecule has 0 radical (unpaired) electrons. The highest BCUT2D eigenvalue weighted by molar-refractivity contribution is 5.93. The van der Waals surface area contributed by atoms with Crippen LogP contribution in [0.4, 0.5) is 14.5 Å². The molecule has 5 rings (SSSR count). The van der Waals surface area contributed by atoms with E-state index in [1.807, 2.05) is 4.90 Å². The average Bonchev–Trinajstić information content (AvgIpc) is 3.59. The molecule has 2 N–H and O–H groups in total. The van der Waals surface area contributed by atoms with Crippen molar-refractivity contribution in [2.24, 2.45) is 0 Å². The molecule has 2 aliphatic rings. The standard InChI is InChI=1S/C23H24F2N6O2/c1-13-22(32)29-19-9-14(8-17(24)20(19)27-13)12-30-4-6-31(7-5-30)16-10-18(25)21(26-11-16)23(33)28-15-2-3-15/h8-11,15H,2-7,12H2,1H3,(H,28,33)(H,29,32). The molecule has 1 aliphatic carbocycles. The number of piperazine rings is 1. The van der Waals surface area contributed by atoms with E-state index in [4.69, 9.17) is 0 Å². The molecule has 3 heterocycles. The van der Waals surface area contributed by atoms with Crippen LogP contribution in [0.15, 0.2) is 29.2 Å². The minimum absolute atomic E-state index is 0.142. The van der Waals surface area contributed by atoms with E-state index in [1.165, 1.54) is 18.3 Å². The number of pyridine rings is 1. The summed E-state index contributed by atoms with van der Waals surface area (Å²) in [5.41, 5.74) is 1.64. The van der Waals surface area contributed by atoms with Crippen LogP contribution in [0.2, 0.25) is 0 Å². The maximum Gasteiger partial charge on any atom is 0.273 e. The highest BCUT2D eigenvalue weighted by atomic mass is 19.1. The van der Waals surface area contributed by atoms with Gasteiger partial charge in [-0.2, -0.15) is 0 Å². The fourth-order valence-corrected chi connectivity index (χ4v) is 4.06. The van der Waals surface area contributed by atoms with Crippen molar-refractivity contribution in [2.75, 3.05) is 31.1 Å². The molecule has 1 saturated carbocycles. The summed E-state index contributed by atoms with van der Waals surface area (Å²) < 4.78 is 29.0. The smallest absolute Gasteiger partial charge is 0.273 e. The quantitative estimate of drug-likeness (QED) is 0.614. The van der Waals surface area contributed by atoms with E-state index in [-0.39, 0.29) is 28.5 Å². The predicted molar refractivity (Wildman–Crippen MR) is 119 cm³/mol. The lowest BCUT2D eigenvalue weighted by Crippen LogP contribution is -2.46. The average molecular weight is 454 g/mol. The number of hydrogen-bond acceptors (Lipinski definition) is 6. The summed E-state index contributed by atoms with van der Waals surface area (Å²) >= 11 is 0. The Kier molecular flexibility index (Phi) is 5.53. The molecule has 8 nitrogen and oxygen atoms in total. The molecule has 2 fully saturated rings. The van der Waals surface area contributed by atoms with Gasteiger partial charge in [0.15, 0.2) is 17.3 Å². The Balaban J connectivity index is 1.23. The number of carbonyl (C=O) groups excluding carboxylic acids is 1. The van der Waals surface area contributed by atoms with Gasteiger partial charge in [0.2, 0.25) is 0 Å². The van der Waals surface area contributed by atoms with Crippen LogP contribution in [0.25, 0.3) is 11.0 Å². The number of carbonyl (C=O) groups is 1. The Hall–Kier alpha value is -3.40. The number of nitrogens with one attached hydrogen (secondary N) is 2. The Morgan fingerprint density at radius 3 is 2.61 bits per heavy atom. The summed E-state index contributed by atoms with van der Waals surface area (Å²) in [5.74, 6) is -1.56. The third kappa shape index (κ3) is 4.56. The molecule has 33 heavy (non-hydrogen) atoms. The van der Waals surface area contributed by atoms with Crippen molar-refractivity contribution >= 4 is 22.6 Å². The zero-order chi connectivity index (χ0) is 23.1. The predicted octanol–water partition coefficient (Wildman–Crippen LogP) is 2.12. The highest BCUT2D eigenvalue weighted by Crippen LogP contribution is 2.22. The molecule has 1 aliphatic heterocycles. The van der Waals surface area contributed by atoms with Crippen LogP contribution in [0.1, 0.15) is 34.6 Å². The number of amides is 1. The zero-order valence-electron chi connectivity index (χ0n) is 18.2. The van der Waals surface area contributed by atoms with Gasteiger partial charge in [-0.3, -0.25) is 14.5 Å². The first-order valence-electron chi connectivity index (χ1n) is 11.0. The van der Waals surface area contributed by atoms with Crippen molar-refractivity contribution in [3.8, 4) is 0 Å². The normalized spacial score (nSPS) is 16.9. The van der Waals surface area contributed by atoms with Crippen LogP contribution in [0.5, 0.6) is 0 Å². The SMILES string of the molecule is Cc1nc2c(F)cc(CN3CCN(c4cnc(C(=O)NC5CC5)c(F)c4)CC3)cc2[nH]c1=O. The van der Waals surface area contributed by atoms with Crippen LogP contribution in [-0.2, 0) is 6.54 Å².